The highest BCUT2D eigenvalue weighted by Gasteiger charge is 2.23. The normalized spacial score (nSPS) is 17.1. The number of hydrogen-bond acceptors (Lipinski definition) is 5. The van der Waals surface area contributed by atoms with Crippen molar-refractivity contribution in [1.82, 2.24) is 9.97 Å². The van der Waals surface area contributed by atoms with Gasteiger partial charge in [-0.05, 0) is 25.7 Å². The van der Waals surface area contributed by atoms with Crippen molar-refractivity contribution < 1.29 is 5.11 Å². The van der Waals surface area contributed by atoms with Gasteiger partial charge in [0.05, 0.1) is 0 Å². The van der Waals surface area contributed by atoms with Crippen molar-refractivity contribution in [3.63, 3.8) is 0 Å². The number of aliphatic hydroxyl groups is 1. The lowest BCUT2D eigenvalue weighted by atomic mass is 9.95. The highest BCUT2D eigenvalue weighted by molar-refractivity contribution is 5.50. The minimum absolute atomic E-state index is 0.0659. The molecular formula is C16H28N4O. The molecule has 2 N–H and O–H groups in total. The fourth-order valence-electron chi connectivity index (χ4n) is 2.55. The quantitative estimate of drug-likeness (QED) is 0.892. The lowest BCUT2D eigenvalue weighted by molar-refractivity contribution is 0.202. The Morgan fingerprint density at radius 1 is 1.29 bits per heavy atom. The number of nitrogens with one attached hydrogen (secondary N) is 1. The summed E-state index contributed by atoms with van der Waals surface area (Å²) in [6, 6.07) is 2.04. The van der Waals surface area contributed by atoms with E-state index in [-0.39, 0.29) is 5.41 Å². The Labute approximate surface area is 127 Å². The van der Waals surface area contributed by atoms with E-state index < -0.39 is 0 Å². The molecule has 5 nitrogen and oxygen atoms in total. The van der Waals surface area contributed by atoms with Gasteiger partial charge >= 0.3 is 0 Å². The average molecular weight is 292 g/mol. The molecule has 0 aromatic carbocycles. The number of rotatable bonds is 4. The van der Waals surface area contributed by atoms with Crippen molar-refractivity contribution in [2.45, 2.75) is 46.0 Å². The first-order valence-electron chi connectivity index (χ1n) is 7.93. The fraction of sp³-hybridized carbons (Fsp3) is 0.750. The second kappa shape index (κ2) is 6.60. The van der Waals surface area contributed by atoms with Gasteiger partial charge in [0.1, 0.15) is 17.5 Å². The maximum atomic E-state index is 9.26. The molecule has 0 unspecified atom stereocenters. The van der Waals surface area contributed by atoms with E-state index in [1.807, 2.05) is 6.07 Å². The van der Waals surface area contributed by atoms with E-state index in [0.29, 0.717) is 12.5 Å². The van der Waals surface area contributed by atoms with Crippen LogP contribution in [0.25, 0.3) is 0 Å². The van der Waals surface area contributed by atoms with Gasteiger partial charge in [-0.2, -0.15) is 0 Å². The van der Waals surface area contributed by atoms with E-state index in [2.05, 4.69) is 42.9 Å². The zero-order valence-electron chi connectivity index (χ0n) is 13.7. The van der Waals surface area contributed by atoms with Crippen molar-refractivity contribution in [2.75, 3.05) is 36.5 Å². The van der Waals surface area contributed by atoms with Crippen LogP contribution in [0.4, 0.5) is 11.6 Å². The molecule has 1 fully saturated rings. The molecule has 0 radical (unpaired) electrons. The monoisotopic (exact) mass is 292 g/mol. The number of nitrogens with zero attached hydrogens (tertiary/aromatic N) is 3. The van der Waals surface area contributed by atoms with E-state index in [4.69, 9.17) is 4.98 Å². The highest BCUT2D eigenvalue weighted by atomic mass is 16.3. The van der Waals surface area contributed by atoms with Crippen LogP contribution < -0.4 is 10.2 Å². The van der Waals surface area contributed by atoms with E-state index >= 15 is 0 Å². The summed E-state index contributed by atoms with van der Waals surface area (Å²) < 4.78 is 0. The smallest absolute Gasteiger partial charge is 0.138 e. The number of aliphatic hydroxyl groups excluding tert-OH is 1. The first kappa shape index (κ1) is 16.0. The largest absolute Gasteiger partial charge is 0.396 e. The predicted molar refractivity (Wildman–Crippen MR) is 86.9 cm³/mol. The Bertz CT molecular complexity index is 462. The standard InChI is InChI=1S/C16H28N4O/c1-5-17-13-10-14(19-15(18-13)16(2,3)4)20-8-6-12(11-21)7-9-20/h10,12,21H,5-9,11H2,1-4H3,(H,17,18,19). The number of anilines is 2. The molecule has 0 saturated carbocycles. The Morgan fingerprint density at radius 2 is 1.95 bits per heavy atom. The van der Waals surface area contributed by atoms with Crippen LogP contribution in [0.2, 0.25) is 0 Å². The van der Waals surface area contributed by atoms with Crippen molar-refractivity contribution in [2.24, 2.45) is 5.92 Å². The Balaban J connectivity index is 2.24. The van der Waals surface area contributed by atoms with Crippen LogP contribution in [0, 0.1) is 5.92 Å². The summed E-state index contributed by atoms with van der Waals surface area (Å²) in [7, 11) is 0. The fourth-order valence-corrected chi connectivity index (χ4v) is 2.55. The minimum atomic E-state index is -0.0659. The first-order valence-corrected chi connectivity index (χ1v) is 7.93. The second-order valence-corrected chi connectivity index (χ2v) is 6.83. The van der Waals surface area contributed by atoms with Crippen LogP contribution in [0.15, 0.2) is 6.07 Å². The van der Waals surface area contributed by atoms with Crippen LogP contribution in [0.5, 0.6) is 0 Å². The molecule has 1 aromatic rings. The third kappa shape index (κ3) is 4.06. The molecule has 0 spiro atoms. The summed E-state index contributed by atoms with van der Waals surface area (Å²) in [6.45, 7) is 11.6. The van der Waals surface area contributed by atoms with Gasteiger partial charge < -0.3 is 15.3 Å². The third-order valence-corrected chi connectivity index (χ3v) is 3.94. The predicted octanol–water partition coefficient (Wildman–Crippen LogP) is 2.41. The van der Waals surface area contributed by atoms with Gasteiger partial charge in [-0.3, -0.25) is 0 Å². The number of piperidine rings is 1. The summed E-state index contributed by atoms with van der Waals surface area (Å²) >= 11 is 0. The lowest BCUT2D eigenvalue weighted by Crippen LogP contribution is -2.36. The van der Waals surface area contributed by atoms with Gasteiger partial charge in [-0.1, -0.05) is 20.8 Å². The van der Waals surface area contributed by atoms with Crippen molar-refractivity contribution in [3.8, 4) is 0 Å². The maximum absolute atomic E-state index is 9.26. The van der Waals surface area contributed by atoms with E-state index in [9.17, 15) is 5.11 Å². The molecule has 2 heterocycles. The first-order chi connectivity index (χ1) is 9.94. The summed E-state index contributed by atoms with van der Waals surface area (Å²) in [5.41, 5.74) is -0.0659. The molecule has 1 saturated heterocycles. The van der Waals surface area contributed by atoms with Gasteiger partial charge in [0.2, 0.25) is 0 Å². The molecule has 0 aliphatic carbocycles. The summed E-state index contributed by atoms with van der Waals surface area (Å²) in [5, 5.41) is 12.6. The zero-order chi connectivity index (χ0) is 15.5. The van der Waals surface area contributed by atoms with Crippen molar-refractivity contribution >= 4 is 11.6 Å². The zero-order valence-corrected chi connectivity index (χ0v) is 13.7. The maximum Gasteiger partial charge on any atom is 0.138 e. The molecule has 1 aromatic heterocycles. The van der Waals surface area contributed by atoms with Crippen LogP contribution in [0.1, 0.15) is 46.4 Å². The minimum Gasteiger partial charge on any atom is -0.396 e. The van der Waals surface area contributed by atoms with Crippen LogP contribution >= 0.6 is 0 Å². The van der Waals surface area contributed by atoms with Crippen LogP contribution in [-0.4, -0.2) is 41.3 Å². The van der Waals surface area contributed by atoms with Crippen molar-refractivity contribution in [1.29, 1.82) is 0 Å². The topological polar surface area (TPSA) is 61.3 Å². The molecule has 0 bridgehead atoms. The van der Waals surface area contributed by atoms with Gasteiger partial charge in [0.25, 0.3) is 0 Å². The summed E-state index contributed by atoms with van der Waals surface area (Å²) in [5.74, 6) is 3.22. The summed E-state index contributed by atoms with van der Waals surface area (Å²) in [4.78, 5) is 11.7. The van der Waals surface area contributed by atoms with Crippen molar-refractivity contribution in [3.05, 3.63) is 11.9 Å². The molecular weight excluding hydrogens is 264 g/mol. The second-order valence-electron chi connectivity index (χ2n) is 6.83. The Morgan fingerprint density at radius 3 is 2.48 bits per heavy atom. The molecule has 0 amide bonds. The molecule has 21 heavy (non-hydrogen) atoms. The Hall–Kier alpha value is -1.36. The molecule has 2 rings (SSSR count). The Kier molecular flexibility index (Phi) is 5.04. The average Bonchev–Trinajstić information content (AvgIpc) is 2.46. The molecule has 1 aliphatic rings. The van der Waals surface area contributed by atoms with Crippen LogP contribution in [-0.2, 0) is 5.41 Å². The lowest BCUT2D eigenvalue weighted by Gasteiger charge is -2.33. The van der Waals surface area contributed by atoms with Gasteiger partial charge in [0.15, 0.2) is 0 Å². The molecule has 0 atom stereocenters. The third-order valence-electron chi connectivity index (χ3n) is 3.94. The van der Waals surface area contributed by atoms with E-state index in [1.54, 1.807) is 0 Å². The van der Waals surface area contributed by atoms with Gasteiger partial charge in [0, 0.05) is 37.7 Å². The van der Waals surface area contributed by atoms with Crippen LogP contribution in [0.3, 0.4) is 0 Å². The summed E-state index contributed by atoms with van der Waals surface area (Å²) in [6.07, 6.45) is 2.06. The SMILES string of the molecule is CCNc1cc(N2CCC(CO)CC2)nc(C(C)(C)C)n1. The van der Waals surface area contributed by atoms with Gasteiger partial charge in [-0.15, -0.1) is 0 Å². The molecule has 5 heteroatoms. The van der Waals surface area contributed by atoms with E-state index in [0.717, 1.165) is 49.9 Å². The van der Waals surface area contributed by atoms with E-state index in [1.165, 1.54) is 0 Å². The number of hydrogen-bond donors (Lipinski definition) is 2. The van der Waals surface area contributed by atoms with Gasteiger partial charge in [-0.25, -0.2) is 9.97 Å². The number of aromatic nitrogens is 2. The molecule has 118 valence electrons. The highest BCUT2D eigenvalue weighted by Crippen LogP contribution is 2.27. The molecule has 1 aliphatic heterocycles.